The number of likely N-dealkylation sites (tertiary alicyclic amines) is 1. The predicted molar refractivity (Wildman–Crippen MR) is 102 cm³/mol. The van der Waals surface area contributed by atoms with Gasteiger partial charge in [0.2, 0.25) is 6.79 Å². The molecule has 1 N–H and O–H groups in total. The van der Waals surface area contributed by atoms with E-state index in [1.807, 2.05) is 0 Å². The van der Waals surface area contributed by atoms with Crippen LogP contribution < -0.4 is 14.8 Å². The lowest BCUT2D eigenvalue weighted by Gasteiger charge is -2.32. The minimum atomic E-state index is -0.225. The summed E-state index contributed by atoms with van der Waals surface area (Å²) in [6.07, 6.45) is 1.55. The van der Waals surface area contributed by atoms with Gasteiger partial charge in [-0.05, 0) is 37.1 Å². The molecule has 4 rings (SSSR count). The number of anilines is 1. The van der Waals surface area contributed by atoms with Crippen molar-refractivity contribution in [1.29, 1.82) is 0 Å². The number of carbonyl (C=O) groups is 2. The summed E-state index contributed by atoms with van der Waals surface area (Å²) in [5.41, 5.74) is 1.22. The van der Waals surface area contributed by atoms with Crippen molar-refractivity contribution in [1.82, 2.24) is 4.90 Å². The quantitative estimate of drug-likeness (QED) is 0.803. The standard InChI is InChI=1S/C20H19ClN2O4/c21-15-5-1-3-13(9-15)19(24)14-4-2-8-23(11-14)20(25)22-16-6-7-17-18(10-16)27-12-26-17/h1,3,5-7,9-10,14H,2,4,8,11-12H2,(H,22,25). The van der Waals surface area contributed by atoms with E-state index >= 15 is 0 Å². The van der Waals surface area contributed by atoms with E-state index in [1.165, 1.54) is 0 Å². The first-order chi connectivity index (χ1) is 13.1. The van der Waals surface area contributed by atoms with Crippen molar-refractivity contribution in [3.63, 3.8) is 0 Å². The number of Topliss-reactive ketones (excluding diaryl/α,β-unsaturated/α-hetero) is 1. The number of piperidine rings is 1. The number of amides is 2. The Morgan fingerprint density at radius 1 is 1.11 bits per heavy atom. The molecule has 140 valence electrons. The van der Waals surface area contributed by atoms with Gasteiger partial charge in [0.15, 0.2) is 17.3 Å². The molecular formula is C20H19ClN2O4. The Morgan fingerprint density at radius 3 is 2.81 bits per heavy atom. The smallest absolute Gasteiger partial charge is 0.321 e. The fourth-order valence-electron chi connectivity index (χ4n) is 3.43. The normalized spacial score (nSPS) is 18.3. The number of benzene rings is 2. The fourth-order valence-corrected chi connectivity index (χ4v) is 3.62. The molecule has 0 radical (unpaired) electrons. The summed E-state index contributed by atoms with van der Waals surface area (Å²) in [5, 5.41) is 3.40. The molecule has 7 heteroatoms. The number of halogens is 1. The molecular weight excluding hydrogens is 368 g/mol. The lowest BCUT2D eigenvalue weighted by atomic mass is 9.90. The second kappa shape index (κ2) is 7.48. The van der Waals surface area contributed by atoms with Crippen molar-refractivity contribution in [3.8, 4) is 11.5 Å². The van der Waals surface area contributed by atoms with Crippen LogP contribution in [0.15, 0.2) is 42.5 Å². The van der Waals surface area contributed by atoms with Gasteiger partial charge in [-0.2, -0.15) is 0 Å². The van der Waals surface area contributed by atoms with Gasteiger partial charge in [-0.15, -0.1) is 0 Å². The van der Waals surface area contributed by atoms with Crippen LogP contribution in [0.2, 0.25) is 5.02 Å². The molecule has 0 saturated carbocycles. The number of nitrogens with one attached hydrogen (secondary N) is 1. The average Bonchev–Trinajstić information content (AvgIpc) is 3.15. The molecule has 1 fully saturated rings. The Bertz CT molecular complexity index is 886. The highest BCUT2D eigenvalue weighted by molar-refractivity contribution is 6.31. The number of hydrogen-bond acceptors (Lipinski definition) is 4. The second-order valence-electron chi connectivity index (χ2n) is 6.66. The zero-order valence-corrected chi connectivity index (χ0v) is 15.4. The van der Waals surface area contributed by atoms with Crippen molar-refractivity contribution in [3.05, 3.63) is 53.1 Å². The number of hydrogen-bond donors (Lipinski definition) is 1. The Kier molecular flexibility index (Phi) is 4.90. The monoisotopic (exact) mass is 386 g/mol. The first-order valence-electron chi connectivity index (χ1n) is 8.85. The molecule has 27 heavy (non-hydrogen) atoms. The molecule has 1 saturated heterocycles. The molecule has 0 spiro atoms. The predicted octanol–water partition coefficient (Wildman–Crippen LogP) is 4.20. The molecule has 2 aliphatic rings. The minimum Gasteiger partial charge on any atom is -0.454 e. The molecule has 2 aliphatic heterocycles. The summed E-state index contributed by atoms with van der Waals surface area (Å²) in [7, 11) is 0. The Morgan fingerprint density at radius 2 is 1.96 bits per heavy atom. The van der Waals surface area contributed by atoms with Crippen LogP contribution in [0.25, 0.3) is 0 Å². The van der Waals surface area contributed by atoms with Crippen LogP contribution in [0.4, 0.5) is 10.5 Å². The van der Waals surface area contributed by atoms with E-state index in [2.05, 4.69) is 5.32 Å². The summed E-state index contributed by atoms with van der Waals surface area (Å²) < 4.78 is 10.6. The molecule has 2 aromatic carbocycles. The molecule has 1 unspecified atom stereocenters. The van der Waals surface area contributed by atoms with E-state index in [0.29, 0.717) is 40.9 Å². The van der Waals surface area contributed by atoms with Crippen LogP contribution in [0.5, 0.6) is 11.5 Å². The Balaban J connectivity index is 1.41. The summed E-state index contributed by atoms with van der Waals surface area (Å²) in [6, 6.07) is 12.0. The zero-order valence-electron chi connectivity index (χ0n) is 14.6. The molecule has 6 nitrogen and oxygen atoms in total. The zero-order chi connectivity index (χ0) is 18.8. The topological polar surface area (TPSA) is 67.9 Å². The van der Waals surface area contributed by atoms with Gasteiger partial charge in [-0.1, -0.05) is 23.7 Å². The molecule has 2 aromatic rings. The highest BCUT2D eigenvalue weighted by Gasteiger charge is 2.29. The van der Waals surface area contributed by atoms with E-state index in [4.69, 9.17) is 21.1 Å². The lowest BCUT2D eigenvalue weighted by molar-refractivity contribution is 0.0851. The fraction of sp³-hybridized carbons (Fsp3) is 0.300. The number of ketones is 1. The second-order valence-corrected chi connectivity index (χ2v) is 7.09. The summed E-state index contributed by atoms with van der Waals surface area (Å²) in [6.45, 7) is 1.20. The Labute approximate surface area is 162 Å². The number of nitrogens with zero attached hydrogens (tertiary/aromatic N) is 1. The largest absolute Gasteiger partial charge is 0.454 e. The van der Waals surface area contributed by atoms with E-state index in [1.54, 1.807) is 47.4 Å². The van der Waals surface area contributed by atoms with Gasteiger partial charge in [0.05, 0.1) is 0 Å². The molecule has 0 bridgehead atoms. The van der Waals surface area contributed by atoms with Gasteiger partial charge < -0.3 is 19.7 Å². The SMILES string of the molecule is O=C(c1cccc(Cl)c1)C1CCCN(C(=O)Nc2ccc3c(c2)OCO3)C1. The van der Waals surface area contributed by atoms with Gasteiger partial charge in [0, 0.05) is 41.3 Å². The lowest BCUT2D eigenvalue weighted by Crippen LogP contribution is -2.44. The van der Waals surface area contributed by atoms with Crippen LogP contribution >= 0.6 is 11.6 Å². The summed E-state index contributed by atoms with van der Waals surface area (Å²) in [5.74, 6) is 1.08. The van der Waals surface area contributed by atoms with Gasteiger partial charge in [0.1, 0.15) is 0 Å². The van der Waals surface area contributed by atoms with Crippen molar-refractivity contribution in [2.45, 2.75) is 12.8 Å². The van der Waals surface area contributed by atoms with Crippen LogP contribution in [-0.2, 0) is 0 Å². The molecule has 1 atom stereocenters. The molecule has 2 amide bonds. The van der Waals surface area contributed by atoms with Crippen molar-refractivity contribution < 1.29 is 19.1 Å². The summed E-state index contributed by atoms with van der Waals surface area (Å²) in [4.78, 5) is 27.1. The maximum absolute atomic E-state index is 12.8. The average molecular weight is 387 g/mol. The van der Waals surface area contributed by atoms with Gasteiger partial charge >= 0.3 is 6.03 Å². The number of fused-ring (bicyclic) bond motifs is 1. The maximum atomic E-state index is 12.8. The minimum absolute atomic E-state index is 0.0260. The van der Waals surface area contributed by atoms with E-state index in [-0.39, 0.29) is 24.5 Å². The highest BCUT2D eigenvalue weighted by atomic mass is 35.5. The first-order valence-corrected chi connectivity index (χ1v) is 9.23. The highest BCUT2D eigenvalue weighted by Crippen LogP contribution is 2.34. The Hall–Kier alpha value is -2.73. The number of urea groups is 1. The van der Waals surface area contributed by atoms with Gasteiger partial charge in [-0.3, -0.25) is 4.79 Å². The van der Waals surface area contributed by atoms with Crippen LogP contribution in [0.3, 0.4) is 0 Å². The third kappa shape index (κ3) is 3.85. The van der Waals surface area contributed by atoms with Gasteiger partial charge in [-0.25, -0.2) is 4.79 Å². The maximum Gasteiger partial charge on any atom is 0.321 e. The van der Waals surface area contributed by atoms with Crippen molar-refractivity contribution in [2.75, 3.05) is 25.2 Å². The molecule has 2 heterocycles. The first kappa shape index (κ1) is 17.7. The number of ether oxygens (including phenoxy) is 2. The van der Waals surface area contributed by atoms with Crippen LogP contribution in [0.1, 0.15) is 23.2 Å². The van der Waals surface area contributed by atoms with E-state index in [0.717, 1.165) is 12.8 Å². The molecule has 0 aliphatic carbocycles. The van der Waals surface area contributed by atoms with Gasteiger partial charge in [0.25, 0.3) is 0 Å². The third-order valence-corrected chi connectivity index (χ3v) is 5.05. The number of carbonyl (C=O) groups excluding carboxylic acids is 2. The van der Waals surface area contributed by atoms with Crippen LogP contribution in [0, 0.1) is 5.92 Å². The summed E-state index contributed by atoms with van der Waals surface area (Å²) >= 11 is 5.99. The van der Waals surface area contributed by atoms with E-state index < -0.39 is 0 Å². The third-order valence-electron chi connectivity index (χ3n) is 4.81. The number of rotatable bonds is 3. The van der Waals surface area contributed by atoms with Crippen LogP contribution in [-0.4, -0.2) is 36.6 Å². The molecule has 0 aromatic heterocycles. The van der Waals surface area contributed by atoms with E-state index in [9.17, 15) is 9.59 Å². The van der Waals surface area contributed by atoms with Crippen molar-refractivity contribution >= 4 is 29.1 Å². The van der Waals surface area contributed by atoms with Crippen molar-refractivity contribution in [2.24, 2.45) is 5.92 Å².